The van der Waals surface area contributed by atoms with Crippen molar-refractivity contribution in [2.24, 2.45) is 0 Å². The molecule has 0 aliphatic rings. The van der Waals surface area contributed by atoms with E-state index in [0.29, 0.717) is 22.6 Å². The lowest BCUT2D eigenvalue weighted by molar-refractivity contribution is 0.0600. The summed E-state index contributed by atoms with van der Waals surface area (Å²) in [5.74, 6) is -0.681. The van der Waals surface area contributed by atoms with Crippen molar-refractivity contribution in [2.75, 3.05) is 12.4 Å². The van der Waals surface area contributed by atoms with E-state index in [4.69, 9.17) is 9.47 Å². The normalized spacial score (nSPS) is 10.3. The summed E-state index contributed by atoms with van der Waals surface area (Å²) in [6.45, 7) is 2.00. The minimum Gasteiger partial charge on any atom is -0.488 e. The summed E-state index contributed by atoms with van der Waals surface area (Å²) in [6, 6.07) is 17.7. The molecule has 0 aliphatic carbocycles. The number of carbonyl (C=O) groups is 2. The molecule has 6 heteroatoms. The van der Waals surface area contributed by atoms with Gasteiger partial charge in [0.2, 0.25) is 0 Å². The van der Waals surface area contributed by atoms with Crippen LogP contribution in [0.25, 0.3) is 0 Å². The first kappa shape index (κ1) is 20.1. The van der Waals surface area contributed by atoms with Crippen molar-refractivity contribution in [3.05, 3.63) is 94.8 Å². The molecule has 3 aromatic rings. The number of carbonyl (C=O) groups excluding carboxylic acids is 2. The van der Waals surface area contributed by atoms with Crippen LogP contribution in [-0.4, -0.2) is 19.0 Å². The van der Waals surface area contributed by atoms with Gasteiger partial charge in [-0.25, -0.2) is 9.18 Å². The molecule has 29 heavy (non-hydrogen) atoms. The molecule has 0 unspecified atom stereocenters. The smallest absolute Gasteiger partial charge is 0.337 e. The molecular weight excluding hydrogens is 373 g/mol. The number of esters is 1. The molecule has 0 aromatic heterocycles. The minimum atomic E-state index is -0.439. The third-order valence-electron chi connectivity index (χ3n) is 4.33. The first-order chi connectivity index (χ1) is 14.0. The first-order valence-corrected chi connectivity index (χ1v) is 8.94. The van der Waals surface area contributed by atoms with Crippen molar-refractivity contribution >= 4 is 17.6 Å². The number of para-hydroxylation sites is 1. The van der Waals surface area contributed by atoms with Gasteiger partial charge in [0.05, 0.1) is 18.2 Å². The molecule has 0 saturated heterocycles. The number of halogens is 1. The standard InChI is InChI=1S/C23H20FNO4/c1-15-13-17(23(27)28-2)9-12-20(15)25-22(26)19-5-3-4-6-21(19)29-14-16-7-10-18(24)11-8-16/h3-13H,14H2,1-2H3,(H,25,26). The first-order valence-electron chi connectivity index (χ1n) is 8.94. The highest BCUT2D eigenvalue weighted by atomic mass is 19.1. The van der Waals surface area contributed by atoms with Crippen LogP contribution in [0, 0.1) is 12.7 Å². The largest absolute Gasteiger partial charge is 0.488 e. The van der Waals surface area contributed by atoms with Gasteiger partial charge in [0.1, 0.15) is 18.2 Å². The maximum absolute atomic E-state index is 13.0. The van der Waals surface area contributed by atoms with Gasteiger partial charge in [-0.1, -0.05) is 24.3 Å². The Hall–Kier alpha value is -3.67. The Labute approximate surface area is 168 Å². The fourth-order valence-electron chi connectivity index (χ4n) is 2.76. The summed E-state index contributed by atoms with van der Waals surface area (Å²) in [7, 11) is 1.32. The number of amides is 1. The predicted molar refractivity (Wildman–Crippen MR) is 108 cm³/mol. The summed E-state index contributed by atoms with van der Waals surface area (Å²) in [6.07, 6.45) is 0. The molecule has 1 N–H and O–H groups in total. The van der Waals surface area contributed by atoms with Crippen molar-refractivity contribution in [3.8, 4) is 5.75 Å². The predicted octanol–water partition coefficient (Wildman–Crippen LogP) is 4.75. The van der Waals surface area contributed by atoms with Gasteiger partial charge >= 0.3 is 5.97 Å². The van der Waals surface area contributed by atoms with Crippen LogP contribution in [-0.2, 0) is 11.3 Å². The Bertz CT molecular complexity index is 1030. The van der Waals surface area contributed by atoms with Crippen LogP contribution < -0.4 is 10.1 Å². The number of benzene rings is 3. The number of hydrogen-bond acceptors (Lipinski definition) is 4. The Kier molecular flexibility index (Phi) is 6.24. The average molecular weight is 393 g/mol. The Morgan fingerprint density at radius 1 is 1.00 bits per heavy atom. The van der Waals surface area contributed by atoms with Crippen LogP contribution >= 0.6 is 0 Å². The van der Waals surface area contributed by atoms with Gasteiger partial charge in [0.15, 0.2) is 0 Å². The zero-order valence-corrected chi connectivity index (χ0v) is 16.1. The summed E-state index contributed by atoms with van der Waals surface area (Å²) in [5, 5.41) is 2.84. The molecule has 148 valence electrons. The van der Waals surface area contributed by atoms with Crippen molar-refractivity contribution in [2.45, 2.75) is 13.5 Å². The maximum Gasteiger partial charge on any atom is 0.337 e. The lowest BCUT2D eigenvalue weighted by Gasteiger charge is -2.13. The highest BCUT2D eigenvalue weighted by Gasteiger charge is 2.15. The van der Waals surface area contributed by atoms with Crippen molar-refractivity contribution in [1.29, 1.82) is 0 Å². The van der Waals surface area contributed by atoms with E-state index in [1.54, 1.807) is 61.5 Å². The molecule has 3 aromatic carbocycles. The van der Waals surface area contributed by atoms with E-state index < -0.39 is 5.97 Å². The third-order valence-corrected chi connectivity index (χ3v) is 4.33. The molecular formula is C23H20FNO4. The van der Waals surface area contributed by atoms with E-state index in [9.17, 15) is 14.0 Å². The van der Waals surface area contributed by atoms with Crippen LogP contribution in [0.3, 0.4) is 0 Å². The molecule has 0 radical (unpaired) electrons. The lowest BCUT2D eigenvalue weighted by atomic mass is 10.1. The zero-order valence-electron chi connectivity index (χ0n) is 16.1. The van der Waals surface area contributed by atoms with Crippen LogP contribution in [0.5, 0.6) is 5.75 Å². The van der Waals surface area contributed by atoms with Gasteiger partial charge in [-0.05, 0) is 60.5 Å². The molecule has 0 aliphatic heterocycles. The summed E-state index contributed by atoms with van der Waals surface area (Å²) in [4.78, 5) is 24.4. The molecule has 3 rings (SSSR count). The maximum atomic E-state index is 13.0. The number of hydrogen-bond donors (Lipinski definition) is 1. The van der Waals surface area contributed by atoms with Gasteiger partial charge in [-0.2, -0.15) is 0 Å². The molecule has 0 saturated carbocycles. The van der Waals surface area contributed by atoms with E-state index in [0.717, 1.165) is 11.1 Å². The quantitative estimate of drug-likeness (QED) is 0.614. The van der Waals surface area contributed by atoms with E-state index in [1.165, 1.54) is 19.2 Å². The highest BCUT2D eigenvalue weighted by Crippen LogP contribution is 2.23. The lowest BCUT2D eigenvalue weighted by Crippen LogP contribution is -2.15. The summed E-state index contributed by atoms with van der Waals surface area (Å²) < 4.78 is 23.5. The molecule has 5 nitrogen and oxygen atoms in total. The Morgan fingerprint density at radius 2 is 1.72 bits per heavy atom. The molecule has 0 atom stereocenters. The second-order valence-corrected chi connectivity index (χ2v) is 6.39. The number of rotatable bonds is 6. The van der Waals surface area contributed by atoms with Crippen molar-refractivity contribution < 1.29 is 23.5 Å². The summed E-state index contributed by atoms with van der Waals surface area (Å²) in [5.41, 5.74) is 2.87. The number of ether oxygens (including phenoxy) is 2. The van der Waals surface area contributed by atoms with E-state index in [1.807, 2.05) is 0 Å². The number of aryl methyl sites for hydroxylation is 1. The monoisotopic (exact) mass is 393 g/mol. The molecule has 0 spiro atoms. The van der Waals surface area contributed by atoms with Gasteiger partial charge < -0.3 is 14.8 Å². The third kappa shape index (κ3) is 4.99. The SMILES string of the molecule is COC(=O)c1ccc(NC(=O)c2ccccc2OCc2ccc(F)cc2)c(C)c1. The minimum absolute atomic E-state index is 0.206. The zero-order chi connectivity index (χ0) is 20.8. The topological polar surface area (TPSA) is 64.6 Å². The molecule has 0 heterocycles. The van der Waals surface area contributed by atoms with E-state index in [2.05, 4.69) is 5.32 Å². The Balaban J connectivity index is 1.74. The number of methoxy groups -OCH3 is 1. The van der Waals surface area contributed by atoms with Gasteiger partial charge in [-0.3, -0.25) is 4.79 Å². The van der Waals surface area contributed by atoms with Crippen LogP contribution in [0.15, 0.2) is 66.7 Å². The number of nitrogens with one attached hydrogen (secondary N) is 1. The van der Waals surface area contributed by atoms with Crippen LogP contribution in [0.4, 0.5) is 10.1 Å². The van der Waals surface area contributed by atoms with E-state index >= 15 is 0 Å². The average Bonchev–Trinajstić information content (AvgIpc) is 2.74. The molecule has 0 fully saturated rings. The highest BCUT2D eigenvalue weighted by molar-refractivity contribution is 6.06. The van der Waals surface area contributed by atoms with Crippen molar-refractivity contribution in [3.63, 3.8) is 0 Å². The molecule has 1 amide bonds. The Morgan fingerprint density at radius 3 is 2.41 bits per heavy atom. The molecule has 0 bridgehead atoms. The fourth-order valence-corrected chi connectivity index (χ4v) is 2.76. The van der Waals surface area contributed by atoms with Crippen molar-refractivity contribution in [1.82, 2.24) is 0 Å². The van der Waals surface area contributed by atoms with Crippen LogP contribution in [0.1, 0.15) is 31.8 Å². The second-order valence-electron chi connectivity index (χ2n) is 6.39. The van der Waals surface area contributed by atoms with E-state index in [-0.39, 0.29) is 18.3 Å². The van der Waals surface area contributed by atoms with Crippen LogP contribution in [0.2, 0.25) is 0 Å². The summed E-state index contributed by atoms with van der Waals surface area (Å²) >= 11 is 0. The number of anilines is 1. The van der Waals surface area contributed by atoms with Gasteiger partial charge in [0, 0.05) is 5.69 Å². The fraction of sp³-hybridized carbons (Fsp3) is 0.130. The van der Waals surface area contributed by atoms with Gasteiger partial charge in [-0.15, -0.1) is 0 Å². The van der Waals surface area contributed by atoms with Gasteiger partial charge in [0.25, 0.3) is 5.91 Å². The second kappa shape index (κ2) is 9.01.